The Morgan fingerprint density at radius 1 is 1.33 bits per heavy atom. The van der Waals surface area contributed by atoms with E-state index in [1.165, 1.54) is 9.79 Å². The Hall–Kier alpha value is -0.200. The molecule has 0 aliphatic carbocycles. The third-order valence-corrected chi connectivity index (χ3v) is 5.69. The third-order valence-electron chi connectivity index (χ3n) is 3.10. The lowest BCUT2D eigenvalue weighted by Crippen LogP contribution is -2.27. The second-order valence-electron chi connectivity index (χ2n) is 4.59. The van der Waals surface area contributed by atoms with Gasteiger partial charge >= 0.3 is 0 Å². The summed E-state index contributed by atoms with van der Waals surface area (Å²) in [4.78, 5) is 2.54. The van der Waals surface area contributed by atoms with Crippen molar-refractivity contribution in [3.8, 4) is 0 Å². The van der Waals surface area contributed by atoms with Gasteiger partial charge in [-0.3, -0.25) is 0 Å². The Labute approximate surface area is 115 Å². The minimum Gasteiger partial charge on any atom is -0.390 e. The summed E-state index contributed by atoms with van der Waals surface area (Å²) in [6.07, 6.45) is 0.275. The quantitative estimate of drug-likeness (QED) is 0.924. The number of fused-ring (bicyclic) bond motifs is 1. The standard InChI is InChI=1S/C13H16O3S2/c1-8-6-9(14)10(16-8)7-15-13-17-11-4-2-3-5-12(11)18-13/h2-5,8-10,13-14H,6-7H2,1H3/t8-,9?,10+/m0/s1. The van der Waals surface area contributed by atoms with Gasteiger partial charge in [0.05, 0.1) is 18.8 Å². The molecule has 2 heterocycles. The Morgan fingerprint density at radius 3 is 2.56 bits per heavy atom. The molecule has 0 aromatic heterocycles. The van der Waals surface area contributed by atoms with E-state index in [4.69, 9.17) is 9.47 Å². The van der Waals surface area contributed by atoms with Gasteiger partial charge in [-0.1, -0.05) is 35.7 Å². The maximum atomic E-state index is 9.79. The summed E-state index contributed by atoms with van der Waals surface area (Å²) >= 11 is 3.45. The average Bonchev–Trinajstić information content (AvgIpc) is 2.89. The second kappa shape index (κ2) is 5.43. The van der Waals surface area contributed by atoms with E-state index in [-0.39, 0.29) is 17.0 Å². The molecular weight excluding hydrogens is 268 g/mol. The van der Waals surface area contributed by atoms with Crippen LogP contribution in [0.2, 0.25) is 0 Å². The molecule has 1 fully saturated rings. The number of aliphatic hydroxyl groups excluding tert-OH is 1. The van der Waals surface area contributed by atoms with Gasteiger partial charge in [0.25, 0.3) is 0 Å². The van der Waals surface area contributed by atoms with Crippen molar-refractivity contribution in [2.24, 2.45) is 0 Å². The third kappa shape index (κ3) is 2.70. The van der Waals surface area contributed by atoms with Crippen LogP contribution in [-0.4, -0.2) is 34.8 Å². The molecular formula is C13H16O3S2. The van der Waals surface area contributed by atoms with E-state index in [2.05, 4.69) is 12.1 Å². The number of hydrogen-bond donors (Lipinski definition) is 1. The fraction of sp³-hybridized carbons (Fsp3) is 0.538. The highest BCUT2D eigenvalue weighted by Gasteiger charge is 2.33. The summed E-state index contributed by atoms with van der Waals surface area (Å²) < 4.78 is 11.5. The minimum atomic E-state index is -0.390. The number of rotatable bonds is 3. The molecule has 1 aromatic carbocycles. The first-order valence-electron chi connectivity index (χ1n) is 6.10. The van der Waals surface area contributed by atoms with E-state index in [1.54, 1.807) is 23.5 Å². The number of benzene rings is 1. The van der Waals surface area contributed by atoms with Crippen LogP contribution in [0.5, 0.6) is 0 Å². The van der Waals surface area contributed by atoms with E-state index >= 15 is 0 Å². The summed E-state index contributed by atoms with van der Waals surface area (Å²) in [5.41, 5.74) is 0. The number of hydrogen-bond acceptors (Lipinski definition) is 5. The summed E-state index contributed by atoms with van der Waals surface area (Å²) in [6, 6.07) is 8.30. The van der Waals surface area contributed by atoms with Crippen molar-refractivity contribution in [3.05, 3.63) is 24.3 Å². The second-order valence-corrected chi connectivity index (χ2v) is 7.10. The van der Waals surface area contributed by atoms with Crippen molar-refractivity contribution >= 4 is 23.5 Å². The number of ether oxygens (including phenoxy) is 2. The van der Waals surface area contributed by atoms with Crippen molar-refractivity contribution in [1.82, 2.24) is 0 Å². The van der Waals surface area contributed by atoms with Gasteiger partial charge in [-0.15, -0.1) is 0 Å². The summed E-state index contributed by atoms with van der Waals surface area (Å²) in [7, 11) is 0. The summed E-state index contributed by atoms with van der Waals surface area (Å²) in [6.45, 7) is 2.45. The zero-order valence-electron chi connectivity index (χ0n) is 10.1. The lowest BCUT2D eigenvalue weighted by atomic mass is 10.1. The molecule has 1 N–H and O–H groups in total. The van der Waals surface area contributed by atoms with Crippen LogP contribution in [0.25, 0.3) is 0 Å². The normalized spacial score (nSPS) is 31.8. The molecule has 98 valence electrons. The van der Waals surface area contributed by atoms with Crippen LogP contribution in [0, 0.1) is 0 Å². The largest absolute Gasteiger partial charge is 0.390 e. The monoisotopic (exact) mass is 284 g/mol. The van der Waals surface area contributed by atoms with Crippen molar-refractivity contribution in [2.45, 2.75) is 46.2 Å². The van der Waals surface area contributed by atoms with Gasteiger partial charge in [0.1, 0.15) is 6.10 Å². The molecule has 0 saturated carbocycles. The topological polar surface area (TPSA) is 38.7 Å². The lowest BCUT2D eigenvalue weighted by molar-refractivity contribution is -0.0353. The molecule has 1 unspecified atom stereocenters. The molecule has 1 aromatic rings. The molecule has 0 spiro atoms. The fourth-order valence-corrected chi connectivity index (χ4v) is 4.70. The van der Waals surface area contributed by atoms with Crippen molar-refractivity contribution < 1.29 is 14.6 Å². The fourth-order valence-electron chi connectivity index (χ4n) is 2.20. The van der Waals surface area contributed by atoms with Gasteiger partial charge in [-0.25, -0.2) is 0 Å². The molecule has 0 radical (unpaired) electrons. The smallest absolute Gasteiger partial charge is 0.158 e. The molecule has 3 atom stereocenters. The highest BCUT2D eigenvalue weighted by molar-refractivity contribution is 8.19. The average molecular weight is 284 g/mol. The molecule has 3 rings (SSSR count). The van der Waals surface area contributed by atoms with Crippen LogP contribution in [0.4, 0.5) is 0 Å². The molecule has 0 amide bonds. The van der Waals surface area contributed by atoms with Gasteiger partial charge < -0.3 is 14.6 Å². The van der Waals surface area contributed by atoms with E-state index in [0.29, 0.717) is 13.0 Å². The highest BCUT2D eigenvalue weighted by atomic mass is 32.2. The highest BCUT2D eigenvalue weighted by Crippen LogP contribution is 2.48. The van der Waals surface area contributed by atoms with Crippen molar-refractivity contribution in [2.75, 3.05) is 6.61 Å². The van der Waals surface area contributed by atoms with E-state index in [1.807, 2.05) is 19.1 Å². The van der Waals surface area contributed by atoms with Crippen LogP contribution in [0.3, 0.4) is 0 Å². The molecule has 18 heavy (non-hydrogen) atoms. The molecule has 0 bridgehead atoms. The Bertz CT molecular complexity index is 401. The first-order valence-corrected chi connectivity index (χ1v) is 7.86. The van der Waals surface area contributed by atoms with Gasteiger partial charge in [-0.2, -0.15) is 0 Å². The maximum absolute atomic E-state index is 9.79. The Balaban J connectivity index is 1.51. The first kappa shape index (κ1) is 12.8. The molecule has 2 aliphatic rings. The summed E-state index contributed by atoms with van der Waals surface area (Å²) in [5.74, 6) is 0. The SMILES string of the molecule is C[C@H]1CC(O)[C@@H](COC2Sc3ccccc3S2)O1. The maximum Gasteiger partial charge on any atom is 0.158 e. The van der Waals surface area contributed by atoms with Gasteiger partial charge in [0.15, 0.2) is 4.77 Å². The van der Waals surface area contributed by atoms with Crippen LogP contribution < -0.4 is 0 Å². The number of thioether (sulfide) groups is 2. The Morgan fingerprint density at radius 2 is 2.00 bits per heavy atom. The zero-order chi connectivity index (χ0) is 12.5. The summed E-state index contributed by atoms with van der Waals surface area (Å²) in [5, 5.41) is 9.79. The molecule has 5 heteroatoms. The van der Waals surface area contributed by atoms with Crippen LogP contribution in [0.1, 0.15) is 13.3 Å². The lowest BCUT2D eigenvalue weighted by Gasteiger charge is -2.17. The molecule has 2 aliphatic heterocycles. The van der Waals surface area contributed by atoms with Crippen molar-refractivity contribution in [1.29, 1.82) is 0 Å². The predicted octanol–water partition coefficient (Wildman–Crippen LogP) is 2.72. The zero-order valence-corrected chi connectivity index (χ0v) is 11.7. The van der Waals surface area contributed by atoms with Crippen molar-refractivity contribution in [3.63, 3.8) is 0 Å². The van der Waals surface area contributed by atoms with Gasteiger partial charge in [0, 0.05) is 16.2 Å². The minimum absolute atomic E-state index is 0.0779. The van der Waals surface area contributed by atoms with E-state index in [0.717, 1.165) is 0 Å². The molecule has 1 saturated heterocycles. The van der Waals surface area contributed by atoms with Crippen LogP contribution in [-0.2, 0) is 9.47 Å². The number of aliphatic hydroxyl groups is 1. The van der Waals surface area contributed by atoms with Crippen LogP contribution >= 0.6 is 23.5 Å². The van der Waals surface area contributed by atoms with E-state index < -0.39 is 6.10 Å². The van der Waals surface area contributed by atoms with Gasteiger partial charge in [-0.05, 0) is 19.1 Å². The predicted molar refractivity (Wildman–Crippen MR) is 72.9 cm³/mol. The van der Waals surface area contributed by atoms with Crippen LogP contribution in [0.15, 0.2) is 34.1 Å². The molecule has 3 nitrogen and oxygen atoms in total. The Kier molecular flexibility index (Phi) is 3.86. The van der Waals surface area contributed by atoms with Gasteiger partial charge in [0.2, 0.25) is 0 Å². The first-order chi connectivity index (χ1) is 8.72. The van der Waals surface area contributed by atoms with E-state index in [9.17, 15) is 5.11 Å².